The fourth-order valence-electron chi connectivity index (χ4n) is 5.09. The molecule has 5 rings (SSSR count). The normalized spacial score (nSPS) is 26.3. The lowest BCUT2D eigenvalue weighted by Crippen LogP contribution is -2.47. The summed E-state index contributed by atoms with van der Waals surface area (Å²) in [5.41, 5.74) is 0.224. The lowest BCUT2D eigenvalue weighted by molar-refractivity contribution is 0.00978. The number of thiophene rings is 1. The first-order valence-corrected chi connectivity index (χ1v) is 11.0. The Kier molecular flexibility index (Phi) is 4.38. The molecule has 1 aliphatic carbocycles. The van der Waals surface area contributed by atoms with Crippen LogP contribution in [-0.2, 0) is 4.74 Å². The Morgan fingerprint density at radius 3 is 2.81 bits per heavy atom. The molecular weight excluding hydrogens is 344 g/mol. The van der Waals surface area contributed by atoms with Crippen molar-refractivity contribution in [2.75, 3.05) is 24.6 Å². The van der Waals surface area contributed by atoms with Gasteiger partial charge in [-0.05, 0) is 50.5 Å². The molecular formula is C20H28N4OS. The predicted molar refractivity (Wildman–Crippen MR) is 106 cm³/mol. The molecule has 1 spiro atoms. The number of nitrogens with zero attached hydrogens (tertiary/aromatic N) is 3. The summed E-state index contributed by atoms with van der Waals surface area (Å²) in [4.78, 5) is 12.9. The Bertz CT molecular complexity index is 777. The Hall–Kier alpha value is -1.24. The number of fused-ring (bicyclic) bond motifs is 1. The number of nitrogens with one attached hydrogen (secondary N) is 1. The standard InChI is InChI=1S/C20H28N4OS/c1-14-21-18(17-6-11-26-19(17)22-14)24-9-4-15(5-10-24)23-16-12-20(25-13-16)7-2-3-8-20/h6,11,15-16,23H,2-5,7-10,12-13H2,1H3/t16-/m1/s1. The minimum atomic E-state index is 0.224. The van der Waals surface area contributed by atoms with E-state index in [-0.39, 0.29) is 5.60 Å². The zero-order valence-electron chi connectivity index (χ0n) is 15.5. The van der Waals surface area contributed by atoms with Crippen LogP contribution in [-0.4, -0.2) is 47.3 Å². The van der Waals surface area contributed by atoms with Crippen molar-refractivity contribution in [3.05, 3.63) is 17.3 Å². The predicted octanol–water partition coefficient (Wildman–Crippen LogP) is 3.66. The molecule has 0 radical (unpaired) electrons. The molecule has 4 heterocycles. The van der Waals surface area contributed by atoms with Crippen molar-refractivity contribution < 1.29 is 4.74 Å². The van der Waals surface area contributed by atoms with Crippen molar-refractivity contribution in [1.29, 1.82) is 0 Å². The van der Waals surface area contributed by atoms with Crippen molar-refractivity contribution in [1.82, 2.24) is 15.3 Å². The molecule has 140 valence electrons. The van der Waals surface area contributed by atoms with E-state index in [2.05, 4.69) is 26.6 Å². The van der Waals surface area contributed by atoms with Crippen molar-refractivity contribution in [3.63, 3.8) is 0 Å². The summed E-state index contributed by atoms with van der Waals surface area (Å²) in [7, 11) is 0. The van der Waals surface area contributed by atoms with Gasteiger partial charge >= 0.3 is 0 Å². The summed E-state index contributed by atoms with van der Waals surface area (Å²) in [6.07, 6.45) is 8.81. The van der Waals surface area contributed by atoms with E-state index in [1.54, 1.807) is 11.3 Å². The van der Waals surface area contributed by atoms with Crippen LogP contribution in [0, 0.1) is 6.92 Å². The van der Waals surface area contributed by atoms with Crippen molar-refractivity contribution in [2.45, 2.75) is 69.6 Å². The first-order valence-electron chi connectivity index (χ1n) is 10.1. The van der Waals surface area contributed by atoms with E-state index in [0.29, 0.717) is 12.1 Å². The lowest BCUT2D eigenvalue weighted by Gasteiger charge is -2.35. The molecule has 2 aromatic heterocycles. The second-order valence-electron chi connectivity index (χ2n) is 8.26. The van der Waals surface area contributed by atoms with Gasteiger partial charge < -0.3 is 15.0 Å². The Labute approximate surface area is 159 Å². The number of anilines is 1. The second kappa shape index (κ2) is 6.73. The van der Waals surface area contributed by atoms with E-state index in [1.165, 1.54) is 50.3 Å². The van der Waals surface area contributed by atoms with Crippen molar-refractivity contribution >= 4 is 27.4 Å². The van der Waals surface area contributed by atoms with Crippen LogP contribution in [0.15, 0.2) is 11.4 Å². The minimum absolute atomic E-state index is 0.224. The van der Waals surface area contributed by atoms with Crippen LogP contribution in [0.3, 0.4) is 0 Å². The highest BCUT2D eigenvalue weighted by Crippen LogP contribution is 2.41. The number of hydrogen-bond acceptors (Lipinski definition) is 6. The highest BCUT2D eigenvalue weighted by atomic mass is 32.1. The maximum atomic E-state index is 6.21. The number of aryl methyl sites for hydroxylation is 1. The van der Waals surface area contributed by atoms with Gasteiger partial charge in [-0.1, -0.05) is 12.8 Å². The molecule has 2 aromatic rings. The molecule has 1 saturated carbocycles. The molecule has 0 amide bonds. The van der Waals surface area contributed by atoms with E-state index in [4.69, 9.17) is 9.72 Å². The van der Waals surface area contributed by atoms with Crippen LogP contribution in [0.5, 0.6) is 0 Å². The number of aromatic nitrogens is 2. The minimum Gasteiger partial charge on any atom is -0.373 e. The zero-order valence-corrected chi connectivity index (χ0v) is 16.4. The van der Waals surface area contributed by atoms with Gasteiger partial charge in [0, 0.05) is 25.2 Å². The molecule has 3 fully saturated rings. The summed E-state index contributed by atoms with van der Waals surface area (Å²) < 4.78 is 6.21. The van der Waals surface area contributed by atoms with Crippen LogP contribution >= 0.6 is 11.3 Å². The Balaban J connectivity index is 1.21. The van der Waals surface area contributed by atoms with Gasteiger partial charge in [0.25, 0.3) is 0 Å². The quantitative estimate of drug-likeness (QED) is 0.891. The van der Waals surface area contributed by atoms with Crippen LogP contribution in [0.4, 0.5) is 5.82 Å². The van der Waals surface area contributed by atoms with Gasteiger partial charge in [-0.3, -0.25) is 0 Å². The fourth-order valence-corrected chi connectivity index (χ4v) is 5.90. The summed E-state index contributed by atoms with van der Waals surface area (Å²) in [6.45, 7) is 5.03. The van der Waals surface area contributed by atoms with Gasteiger partial charge in [0.1, 0.15) is 16.5 Å². The van der Waals surface area contributed by atoms with Gasteiger partial charge in [-0.2, -0.15) is 0 Å². The SMILES string of the molecule is Cc1nc(N2CCC(N[C@H]3COC4(CCCC4)C3)CC2)c2ccsc2n1. The van der Waals surface area contributed by atoms with E-state index in [1.807, 2.05) is 6.92 Å². The Morgan fingerprint density at radius 1 is 1.19 bits per heavy atom. The van der Waals surface area contributed by atoms with Gasteiger partial charge in [0.05, 0.1) is 17.6 Å². The molecule has 0 unspecified atom stereocenters. The largest absolute Gasteiger partial charge is 0.373 e. The average molecular weight is 373 g/mol. The maximum absolute atomic E-state index is 6.21. The van der Waals surface area contributed by atoms with E-state index in [9.17, 15) is 0 Å². The first kappa shape index (κ1) is 16.9. The molecule has 1 N–H and O–H groups in total. The average Bonchev–Trinajstić information content (AvgIpc) is 3.37. The number of piperidine rings is 1. The van der Waals surface area contributed by atoms with Gasteiger partial charge in [-0.25, -0.2) is 9.97 Å². The molecule has 2 aliphatic heterocycles. The smallest absolute Gasteiger partial charge is 0.141 e. The van der Waals surface area contributed by atoms with Crippen LogP contribution in [0.2, 0.25) is 0 Å². The summed E-state index contributed by atoms with van der Waals surface area (Å²) in [5, 5.41) is 7.23. The van der Waals surface area contributed by atoms with Gasteiger partial charge in [0.2, 0.25) is 0 Å². The molecule has 26 heavy (non-hydrogen) atoms. The van der Waals surface area contributed by atoms with Crippen LogP contribution in [0.25, 0.3) is 10.2 Å². The van der Waals surface area contributed by atoms with E-state index < -0.39 is 0 Å². The highest BCUT2D eigenvalue weighted by Gasteiger charge is 2.42. The zero-order chi connectivity index (χ0) is 17.6. The highest BCUT2D eigenvalue weighted by molar-refractivity contribution is 7.16. The monoisotopic (exact) mass is 372 g/mol. The number of hydrogen-bond donors (Lipinski definition) is 1. The van der Waals surface area contributed by atoms with E-state index >= 15 is 0 Å². The molecule has 1 atom stereocenters. The Morgan fingerprint density at radius 2 is 2.00 bits per heavy atom. The lowest BCUT2D eigenvalue weighted by atomic mass is 9.95. The summed E-state index contributed by atoms with van der Waals surface area (Å²) in [5.74, 6) is 2.00. The molecule has 0 aromatic carbocycles. The molecule has 0 bridgehead atoms. The second-order valence-corrected chi connectivity index (χ2v) is 9.16. The van der Waals surface area contributed by atoms with Crippen LogP contribution in [0.1, 0.15) is 50.8 Å². The number of rotatable bonds is 3. The molecule has 5 nitrogen and oxygen atoms in total. The molecule has 3 aliphatic rings. The first-order chi connectivity index (χ1) is 12.7. The summed E-state index contributed by atoms with van der Waals surface area (Å²) >= 11 is 1.71. The van der Waals surface area contributed by atoms with Crippen LogP contribution < -0.4 is 10.2 Å². The van der Waals surface area contributed by atoms with Crippen molar-refractivity contribution in [3.8, 4) is 0 Å². The fraction of sp³-hybridized carbons (Fsp3) is 0.700. The number of ether oxygens (including phenoxy) is 1. The van der Waals surface area contributed by atoms with Gasteiger partial charge in [-0.15, -0.1) is 11.3 Å². The third-order valence-corrected chi connectivity index (χ3v) is 7.21. The maximum Gasteiger partial charge on any atom is 0.141 e. The third kappa shape index (κ3) is 3.12. The van der Waals surface area contributed by atoms with E-state index in [0.717, 1.165) is 36.2 Å². The molecule has 2 saturated heterocycles. The topological polar surface area (TPSA) is 50.3 Å². The third-order valence-electron chi connectivity index (χ3n) is 6.41. The molecule has 6 heteroatoms. The summed E-state index contributed by atoms with van der Waals surface area (Å²) in [6, 6.07) is 3.32. The van der Waals surface area contributed by atoms with Crippen molar-refractivity contribution in [2.24, 2.45) is 0 Å². The van der Waals surface area contributed by atoms with Gasteiger partial charge in [0.15, 0.2) is 0 Å².